The molecule has 0 aliphatic carbocycles. The van der Waals surface area contributed by atoms with Gasteiger partial charge in [0.2, 0.25) is 15.9 Å². The summed E-state index contributed by atoms with van der Waals surface area (Å²) >= 11 is 5.99. The number of piperidine rings is 1. The number of rotatable bonds is 6. The van der Waals surface area contributed by atoms with Crippen molar-refractivity contribution in [3.8, 4) is 5.75 Å². The number of sulfonamides is 1. The molecule has 1 fully saturated rings. The van der Waals surface area contributed by atoms with Crippen LogP contribution in [0.15, 0.2) is 47.6 Å². The van der Waals surface area contributed by atoms with Gasteiger partial charge in [0.15, 0.2) is 0 Å². The highest BCUT2D eigenvalue weighted by Crippen LogP contribution is 2.31. The Bertz CT molecular complexity index is 937. The van der Waals surface area contributed by atoms with Crippen LogP contribution in [0.3, 0.4) is 0 Å². The fourth-order valence-electron chi connectivity index (χ4n) is 3.20. The first kappa shape index (κ1) is 20.6. The van der Waals surface area contributed by atoms with E-state index >= 15 is 0 Å². The number of aromatic nitrogens is 1. The lowest BCUT2D eigenvalue weighted by Gasteiger charge is -2.31. The normalized spacial score (nSPS) is 17.9. The van der Waals surface area contributed by atoms with Gasteiger partial charge in [-0.05, 0) is 42.7 Å². The molecule has 1 aliphatic rings. The van der Waals surface area contributed by atoms with Gasteiger partial charge >= 0.3 is 0 Å². The molecule has 7 nitrogen and oxygen atoms in total. The molecule has 1 aromatic carbocycles. The average molecular weight is 424 g/mol. The van der Waals surface area contributed by atoms with Gasteiger partial charge in [-0.15, -0.1) is 0 Å². The van der Waals surface area contributed by atoms with Crippen LogP contribution in [0.1, 0.15) is 18.4 Å². The highest BCUT2D eigenvalue weighted by Gasteiger charge is 2.34. The number of hydrogen-bond donors (Lipinski definition) is 1. The van der Waals surface area contributed by atoms with Crippen LogP contribution in [0, 0.1) is 5.92 Å². The van der Waals surface area contributed by atoms with Gasteiger partial charge in [-0.1, -0.05) is 17.7 Å². The van der Waals surface area contributed by atoms with Crippen LogP contribution in [-0.2, 0) is 21.4 Å². The highest BCUT2D eigenvalue weighted by atomic mass is 35.5. The van der Waals surface area contributed by atoms with E-state index in [0.717, 1.165) is 5.56 Å². The molecule has 2 aromatic rings. The Hall–Kier alpha value is -2.16. The fraction of sp³-hybridized carbons (Fsp3) is 0.368. The van der Waals surface area contributed by atoms with Crippen LogP contribution in [0.2, 0.25) is 5.02 Å². The Kier molecular flexibility index (Phi) is 6.53. The zero-order valence-electron chi connectivity index (χ0n) is 15.5. The van der Waals surface area contributed by atoms with Crippen LogP contribution in [0.25, 0.3) is 0 Å². The van der Waals surface area contributed by atoms with E-state index in [4.69, 9.17) is 16.3 Å². The molecule has 0 bridgehead atoms. The first-order valence-electron chi connectivity index (χ1n) is 8.92. The highest BCUT2D eigenvalue weighted by molar-refractivity contribution is 7.89. The molecule has 0 saturated carbocycles. The molecular weight excluding hydrogens is 402 g/mol. The molecule has 1 atom stereocenters. The second kappa shape index (κ2) is 8.89. The van der Waals surface area contributed by atoms with E-state index in [1.807, 2.05) is 6.07 Å². The molecule has 0 unspecified atom stereocenters. The third-order valence-corrected chi connectivity index (χ3v) is 6.81. The van der Waals surface area contributed by atoms with Crippen molar-refractivity contribution in [2.75, 3.05) is 20.2 Å². The number of ether oxygens (including phenoxy) is 1. The average Bonchev–Trinajstić information content (AvgIpc) is 2.72. The van der Waals surface area contributed by atoms with Crippen molar-refractivity contribution in [3.05, 3.63) is 53.3 Å². The van der Waals surface area contributed by atoms with Crippen LogP contribution < -0.4 is 10.1 Å². The molecule has 3 rings (SSSR count). The Morgan fingerprint density at radius 3 is 2.93 bits per heavy atom. The minimum atomic E-state index is -3.83. The second-order valence-corrected chi connectivity index (χ2v) is 8.92. The van der Waals surface area contributed by atoms with Gasteiger partial charge in [0.25, 0.3) is 0 Å². The summed E-state index contributed by atoms with van der Waals surface area (Å²) < 4.78 is 32.7. The van der Waals surface area contributed by atoms with Crippen molar-refractivity contribution >= 4 is 27.5 Å². The minimum Gasteiger partial charge on any atom is -0.495 e. The first-order valence-corrected chi connectivity index (χ1v) is 10.7. The molecule has 0 spiro atoms. The predicted molar refractivity (Wildman–Crippen MR) is 106 cm³/mol. The number of halogens is 1. The smallest absolute Gasteiger partial charge is 0.246 e. The molecule has 28 heavy (non-hydrogen) atoms. The summed E-state index contributed by atoms with van der Waals surface area (Å²) in [6.45, 7) is 0.833. The van der Waals surface area contributed by atoms with E-state index in [1.54, 1.807) is 24.5 Å². The monoisotopic (exact) mass is 423 g/mol. The lowest BCUT2D eigenvalue weighted by molar-refractivity contribution is -0.126. The maximum atomic E-state index is 13.1. The van der Waals surface area contributed by atoms with Gasteiger partial charge in [-0.3, -0.25) is 9.78 Å². The molecule has 1 aromatic heterocycles. The third kappa shape index (κ3) is 4.63. The van der Waals surface area contributed by atoms with Crippen molar-refractivity contribution in [1.29, 1.82) is 0 Å². The second-order valence-electron chi connectivity index (χ2n) is 6.58. The minimum absolute atomic E-state index is 0.0129. The van der Waals surface area contributed by atoms with Gasteiger partial charge in [-0.25, -0.2) is 8.42 Å². The molecule has 2 heterocycles. The van der Waals surface area contributed by atoms with E-state index in [-0.39, 0.29) is 23.1 Å². The van der Waals surface area contributed by atoms with Crippen molar-refractivity contribution in [2.45, 2.75) is 24.3 Å². The van der Waals surface area contributed by atoms with Crippen molar-refractivity contribution in [3.63, 3.8) is 0 Å². The van der Waals surface area contributed by atoms with E-state index < -0.39 is 15.9 Å². The lowest BCUT2D eigenvalue weighted by Crippen LogP contribution is -2.45. The number of nitrogens with one attached hydrogen (secondary N) is 1. The molecule has 150 valence electrons. The Balaban J connectivity index is 1.72. The first-order chi connectivity index (χ1) is 13.4. The van der Waals surface area contributed by atoms with Crippen LogP contribution in [0.4, 0.5) is 0 Å². The largest absolute Gasteiger partial charge is 0.495 e. The zero-order valence-corrected chi connectivity index (χ0v) is 17.0. The number of pyridine rings is 1. The van der Waals surface area contributed by atoms with Crippen LogP contribution in [-0.4, -0.2) is 43.8 Å². The van der Waals surface area contributed by atoms with Gasteiger partial charge in [-0.2, -0.15) is 4.31 Å². The molecule has 0 radical (unpaired) electrons. The quantitative estimate of drug-likeness (QED) is 0.770. The Morgan fingerprint density at radius 2 is 2.21 bits per heavy atom. The maximum Gasteiger partial charge on any atom is 0.246 e. The molecule has 1 amide bonds. The van der Waals surface area contributed by atoms with Crippen molar-refractivity contribution in [1.82, 2.24) is 14.6 Å². The number of amides is 1. The van der Waals surface area contributed by atoms with E-state index in [0.29, 0.717) is 31.0 Å². The number of methoxy groups -OCH3 is 1. The van der Waals surface area contributed by atoms with Crippen molar-refractivity contribution in [2.24, 2.45) is 5.92 Å². The number of carbonyl (C=O) groups excluding carboxylic acids is 1. The standard InChI is InChI=1S/C19H22ClN3O4S/c1-27-17-7-6-16(20)10-18(17)28(25,26)23-9-3-5-15(13-23)19(24)22-12-14-4-2-8-21-11-14/h2,4,6-8,10-11,15H,3,5,9,12-13H2,1H3,(H,22,24)/t15-/m0/s1. The van der Waals surface area contributed by atoms with Crippen LogP contribution in [0.5, 0.6) is 5.75 Å². The van der Waals surface area contributed by atoms with E-state index in [9.17, 15) is 13.2 Å². The van der Waals surface area contributed by atoms with Gasteiger partial charge in [0, 0.05) is 37.1 Å². The number of benzene rings is 1. The number of carbonyl (C=O) groups is 1. The van der Waals surface area contributed by atoms with E-state index in [2.05, 4.69) is 10.3 Å². The Labute approximate surface area is 169 Å². The summed E-state index contributed by atoms with van der Waals surface area (Å²) in [4.78, 5) is 16.6. The number of hydrogen-bond acceptors (Lipinski definition) is 5. The summed E-state index contributed by atoms with van der Waals surface area (Å²) in [5.74, 6) is -0.347. The Morgan fingerprint density at radius 1 is 1.39 bits per heavy atom. The molecule has 1 aliphatic heterocycles. The summed E-state index contributed by atoms with van der Waals surface area (Å²) in [5, 5.41) is 3.17. The maximum absolute atomic E-state index is 13.1. The summed E-state index contributed by atoms with van der Waals surface area (Å²) in [5.41, 5.74) is 0.889. The zero-order chi connectivity index (χ0) is 20.1. The predicted octanol–water partition coefficient (Wildman–Crippen LogP) is 2.46. The third-order valence-electron chi connectivity index (χ3n) is 4.69. The lowest BCUT2D eigenvalue weighted by atomic mass is 9.99. The summed E-state index contributed by atoms with van der Waals surface area (Å²) in [6, 6.07) is 8.15. The van der Waals surface area contributed by atoms with Gasteiger partial charge in [0.1, 0.15) is 10.6 Å². The summed E-state index contributed by atoms with van der Waals surface area (Å²) in [7, 11) is -2.42. The van der Waals surface area contributed by atoms with Gasteiger partial charge in [0.05, 0.1) is 13.0 Å². The molecule has 1 saturated heterocycles. The summed E-state index contributed by atoms with van der Waals surface area (Å²) in [6.07, 6.45) is 4.59. The van der Waals surface area contributed by atoms with Crippen LogP contribution >= 0.6 is 11.6 Å². The van der Waals surface area contributed by atoms with E-state index in [1.165, 1.54) is 23.5 Å². The molecule has 1 N–H and O–H groups in total. The SMILES string of the molecule is COc1ccc(Cl)cc1S(=O)(=O)N1CCC[C@H](C(=O)NCc2cccnc2)C1. The topological polar surface area (TPSA) is 88.6 Å². The van der Waals surface area contributed by atoms with Crippen molar-refractivity contribution < 1.29 is 17.9 Å². The van der Waals surface area contributed by atoms with Gasteiger partial charge < -0.3 is 10.1 Å². The number of nitrogens with zero attached hydrogens (tertiary/aromatic N) is 2. The molecular formula is C19H22ClN3O4S. The fourth-order valence-corrected chi connectivity index (χ4v) is 5.14. The molecule has 9 heteroatoms.